The summed E-state index contributed by atoms with van der Waals surface area (Å²) in [6.07, 6.45) is 13.7. The van der Waals surface area contributed by atoms with Crippen molar-refractivity contribution in [3.05, 3.63) is 23.5 Å². The van der Waals surface area contributed by atoms with E-state index in [0.717, 1.165) is 82.6 Å². The van der Waals surface area contributed by atoms with Crippen LogP contribution in [0.1, 0.15) is 222 Å². The molecule has 16 aliphatic carbocycles. The molecule has 0 aliphatic heterocycles. The largest absolute Gasteiger partial charge is 0.504 e. The third kappa shape index (κ3) is 9.34. The highest BCUT2D eigenvalue weighted by molar-refractivity contribution is 6.04. The number of ketones is 8. The minimum absolute atomic E-state index is 0.0126. The molecule has 0 aromatic heterocycles. The van der Waals surface area contributed by atoms with Gasteiger partial charge in [0, 0.05) is 94.7 Å². The number of aliphatic hydroxyl groups excluding tert-OH is 8. The first-order valence-electron chi connectivity index (χ1n) is 36.5. The number of Topliss-reactive ketones (excluding diaryl/α,β-unsaturated/α-hetero) is 7. The minimum Gasteiger partial charge on any atom is -0.504 e. The molecule has 94 heavy (non-hydrogen) atoms. The summed E-state index contributed by atoms with van der Waals surface area (Å²) < 4.78 is 0. The molecule has 0 amide bonds. The van der Waals surface area contributed by atoms with E-state index in [-0.39, 0.29) is 129 Å². The highest BCUT2D eigenvalue weighted by Crippen LogP contribution is 2.70. The van der Waals surface area contributed by atoms with Crippen LogP contribution in [0.25, 0.3) is 0 Å². The molecular formula is C76H108O18. The monoisotopic (exact) mass is 1310 g/mol. The molecule has 0 heterocycles. The number of aliphatic hydroxyl groups is 10. The van der Waals surface area contributed by atoms with E-state index in [1.807, 2.05) is 47.6 Å². The van der Waals surface area contributed by atoms with E-state index < -0.39 is 81.4 Å². The molecule has 18 nitrogen and oxygen atoms in total. The van der Waals surface area contributed by atoms with Gasteiger partial charge in [0.05, 0.1) is 24.4 Å². The molecule has 0 radical (unpaired) electrons. The van der Waals surface area contributed by atoms with Crippen molar-refractivity contribution in [1.82, 2.24) is 0 Å². The maximum absolute atomic E-state index is 12.6. The summed E-state index contributed by atoms with van der Waals surface area (Å²) in [6, 6.07) is 0. The zero-order chi connectivity index (χ0) is 68.1. The van der Waals surface area contributed by atoms with E-state index in [4.69, 9.17) is 0 Å². The van der Waals surface area contributed by atoms with E-state index in [2.05, 4.69) is 13.8 Å². The van der Waals surface area contributed by atoms with Crippen molar-refractivity contribution in [1.29, 1.82) is 0 Å². The average Bonchev–Trinajstić information content (AvgIpc) is 1.08. The normalized spacial score (nSPS) is 54.9. The fourth-order valence-electron chi connectivity index (χ4n) is 26.7. The summed E-state index contributed by atoms with van der Waals surface area (Å²) in [4.78, 5) is 98.5. The number of allylic oxidation sites excluding steroid dienone is 3. The van der Waals surface area contributed by atoms with Crippen LogP contribution in [0.4, 0.5) is 0 Å². The Balaban J connectivity index is 0.000000114. The molecule has 0 aromatic carbocycles. The van der Waals surface area contributed by atoms with Crippen molar-refractivity contribution in [2.75, 3.05) is 0 Å². The van der Waals surface area contributed by atoms with Crippen molar-refractivity contribution >= 4 is 46.3 Å². The van der Waals surface area contributed by atoms with Crippen molar-refractivity contribution in [3.8, 4) is 0 Å². The predicted octanol–water partition coefficient (Wildman–Crippen LogP) is 7.28. The smallest absolute Gasteiger partial charge is 0.219 e. The number of rotatable bonds is 0. The molecule has 0 bridgehead atoms. The maximum atomic E-state index is 12.6. The van der Waals surface area contributed by atoms with Gasteiger partial charge in [-0.1, -0.05) is 61.5 Å². The lowest BCUT2D eigenvalue weighted by molar-refractivity contribution is -0.260. The number of hydrogen-bond acceptors (Lipinski definition) is 18. The van der Waals surface area contributed by atoms with Crippen molar-refractivity contribution in [2.24, 2.45) is 120 Å². The molecule has 0 saturated heterocycles. The second kappa shape index (κ2) is 22.9. The van der Waals surface area contributed by atoms with Crippen LogP contribution in [0.2, 0.25) is 0 Å². The van der Waals surface area contributed by atoms with Gasteiger partial charge in [-0.2, -0.15) is 0 Å². The standard InChI is InChI=1S/2C19H28O5.C19H28O4.C19H24O4/c2*1-17-7-5-11-15(10(17)3-4-14(17)22)13(21)9-19(24)16(23)12(20)6-8-18(11,19)2;1-18-8-6-13(20)17(23)12(18)9-14(21)16-10-3-4-15(22)19(10,2)7-5-11(16)18;1-18-8-7-13(20)17(23)12(18)4-3-10-11-5-6-15(22)19(11,2)9-14(21)16(10)18/h10-11,13,15-16,21,23-24H,3-9H2,1-2H3;10-13,15,20-21,24H,3-9H2,1-2H3;10-14,16,20-21H,3-9H2,1-2H3;7-8,10-11,14,16,21,23H,3-6,9H2,1-2H3/t10-,11-,13+,15-,16+,17-,18+,19+;10-,11-,12-,13-,15-,17-,18+,19+;10-,11-,12-,13-,14-,16-,18+,19-;10-,11-,14+,16+,18-,19-/m0000/s1. The Hall–Kier alpha value is -3.72. The molecule has 0 spiro atoms. The van der Waals surface area contributed by atoms with Crippen LogP contribution >= 0.6 is 0 Å². The Labute approximate surface area is 553 Å². The van der Waals surface area contributed by atoms with Gasteiger partial charge in [-0.05, 0) is 204 Å². The summed E-state index contributed by atoms with van der Waals surface area (Å²) in [5.74, 6) is 1.25. The lowest BCUT2D eigenvalue weighted by atomic mass is 9.42. The van der Waals surface area contributed by atoms with Crippen molar-refractivity contribution in [3.63, 3.8) is 0 Å². The van der Waals surface area contributed by atoms with Gasteiger partial charge in [-0.3, -0.25) is 38.4 Å². The first-order valence-corrected chi connectivity index (χ1v) is 36.5. The fraction of sp³-hybridized carbons (Fsp3) is 0.842. The molecule has 10 N–H and O–H groups in total. The Bertz CT molecular complexity index is 3260. The highest BCUT2D eigenvalue weighted by Gasteiger charge is 2.73. The van der Waals surface area contributed by atoms with Gasteiger partial charge in [0.2, 0.25) is 5.78 Å². The van der Waals surface area contributed by atoms with Gasteiger partial charge >= 0.3 is 0 Å². The van der Waals surface area contributed by atoms with Gasteiger partial charge in [0.1, 0.15) is 52.6 Å². The molecule has 16 aliphatic rings. The molecule has 18 heteroatoms. The van der Waals surface area contributed by atoms with Gasteiger partial charge in [-0.15, -0.1) is 0 Å². The Morgan fingerprint density at radius 2 is 0.926 bits per heavy atom. The average molecular weight is 1310 g/mol. The van der Waals surface area contributed by atoms with E-state index in [0.29, 0.717) is 106 Å². The molecule has 30 atom stereocenters. The number of carbonyl (C=O) groups excluding carboxylic acids is 8. The lowest BCUT2D eigenvalue weighted by Crippen LogP contribution is -2.71. The van der Waals surface area contributed by atoms with Crippen LogP contribution < -0.4 is 0 Å². The van der Waals surface area contributed by atoms with Crippen LogP contribution in [-0.4, -0.2) is 151 Å². The van der Waals surface area contributed by atoms with E-state index in [9.17, 15) is 89.4 Å². The van der Waals surface area contributed by atoms with E-state index >= 15 is 0 Å². The zero-order valence-electron chi connectivity index (χ0n) is 56.8. The zero-order valence-corrected chi connectivity index (χ0v) is 56.8. The molecule has 0 unspecified atom stereocenters. The fourth-order valence-corrected chi connectivity index (χ4v) is 26.7. The summed E-state index contributed by atoms with van der Waals surface area (Å²) in [6.45, 7) is 16.4. The predicted molar refractivity (Wildman–Crippen MR) is 341 cm³/mol. The van der Waals surface area contributed by atoms with E-state index in [1.165, 1.54) is 6.08 Å². The van der Waals surface area contributed by atoms with Crippen molar-refractivity contribution in [2.45, 2.75) is 276 Å². The SMILES string of the molecule is C[C@]12C=CC(=O)C(O)=C1CC[C@@H]1[C@@H]2[C@H](O)C[C@]2(C)C(=O)CC[C@@H]12.C[C@]12CC[C@H](O)C(=O)[C@@H]1C[C@H](O)[C@@H]1[C@@H]2CC[C@]2(C)C(=O)CC[C@@H]12.C[C@]12CC[C@H]3[C@@H]([C@@H](O)C[C@@]4(O)C(=O)[C@@H](O)CC[C@]34C)[C@@H]1CCC2=O.C[C@]12CC[C@H]3[C@@H]([C@H](O)C[C@@]4(O)[C@H](O)C(=O)CC[C@]34C)[C@@H]1CCC2=O. The van der Waals surface area contributed by atoms with Gasteiger partial charge in [-0.25, -0.2) is 0 Å². The van der Waals surface area contributed by atoms with Crippen LogP contribution in [0.15, 0.2) is 23.5 Å². The summed E-state index contributed by atoms with van der Waals surface area (Å²) in [7, 11) is 0. The first kappa shape index (κ1) is 68.8. The summed E-state index contributed by atoms with van der Waals surface area (Å²) in [5, 5.41) is 107. The Morgan fingerprint density at radius 3 is 1.49 bits per heavy atom. The number of carbonyl (C=O) groups is 8. The van der Waals surface area contributed by atoms with Crippen molar-refractivity contribution < 1.29 is 89.4 Å². The maximum Gasteiger partial charge on any atom is 0.219 e. The second-order valence-electron chi connectivity index (χ2n) is 35.7. The van der Waals surface area contributed by atoms with E-state index in [1.54, 1.807) is 0 Å². The van der Waals surface area contributed by atoms with Crippen LogP contribution in [0, 0.1) is 120 Å². The minimum atomic E-state index is -1.65. The molecule has 16 rings (SSSR count). The third-order valence-electron chi connectivity index (χ3n) is 32.4. The number of fused-ring (bicyclic) bond motifs is 20. The quantitative estimate of drug-likeness (QED) is 0.114. The lowest BCUT2D eigenvalue weighted by Gasteiger charge is -2.64. The van der Waals surface area contributed by atoms with Gasteiger partial charge in [0.25, 0.3) is 0 Å². The van der Waals surface area contributed by atoms with Gasteiger partial charge < -0.3 is 51.1 Å². The molecule has 520 valence electrons. The van der Waals surface area contributed by atoms with Gasteiger partial charge in [0.15, 0.2) is 23.1 Å². The molecule has 15 saturated carbocycles. The third-order valence-corrected chi connectivity index (χ3v) is 32.4. The summed E-state index contributed by atoms with van der Waals surface area (Å²) in [5.41, 5.74) is -5.60. The molecule has 0 aromatic rings. The topological polar surface area (TPSA) is 339 Å². The Kier molecular flexibility index (Phi) is 16.8. The van der Waals surface area contributed by atoms with Crippen LogP contribution in [0.3, 0.4) is 0 Å². The molecule has 15 fully saturated rings. The first-order chi connectivity index (χ1) is 43.9. The highest BCUT2D eigenvalue weighted by atomic mass is 16.4. The Morgan fingerprint density at radius 1 is 0.436 bits per heavy atom. The summed E-state index contributed by atoms with van der Waals surface area (Å²) >= 11 is 0. The number of hydrogen-bond donors (Lipinski definition) is 10. The second-order valence-corrected chi connectivity index (χ2v) is 35.7. The molecular weight excluding hydrogens is 1200 g/mol. The van der Waals surface area contributed by atoms with Crippen LogP contribution in [-0.2, 0) is 38.4 Å². The van der Waals surface area contributed by atoms with Crippen LogP contribution in [0.5, 0.6) is 0 Å².